The molecule has 1 unspecified atom stereocenters. The molecular weight excluding hydrogens is 524 g/mol. The van der Waals surface area contributed by atoms with Crippen LogP contribution in [0.25, 0.3) is 0 Å². The molecule has 0 saturated carbocycles. The molecule has 3 amide bonds. The Morgan fingerprint density at radius 1 is 0.875 bits per heavy atom. The van der Waals surface area contributed by atoms with Crippen molar-refractivity contribution in [3.63, 3.8) is 0 Å². The summed E-state index contributed by atoms with van der Waals surface area (Å²) in [5.41, 5.74) is 5.05. The molecule has 1 atom stereocenters. The van der Waals surface area contributed by atoms with Crippen molar-refractivity contribution in [3.05, 3.63) is 130 Å². The molecule has 0 aromatic heterocycles. The number of nitrogens with zero attached hydrogens (tertiary/aromatic N) is 2. The van der Waals surface area contributed by atoms with Crippen molar-refractivity contribution in [1.29, 1.82) is 0 Å². The molecule has 0 bridgehead atoms. The van der Waals surface area contributed by atoms with Crippen molar-refractivity contribution in [2.24, 2.45) is 4.99 Å². The van der Waals surface area contributed by atoms with E-state index in [0.717, 1.165) is 11.1 Å². The second kappa shape index (κ2) is 11.6. The molecule has 8 heteroatoms. The first kappa shape index (κ1) is 26.8. The van der Waals surface area contributed by atoms with Crippen LogP contribution in [0.2, 0.25) is 5.02 Å². The van der Waals surface area contributed by atoms with Gasteiger partial charge in [0.1, 0.15) is 0 Å². The number of rotatable bonds is 6. The van der Waals surface area contributed by atoms with Crippen LogP contribution in [0.4, 0.5) is 16.2 Å². The van der Waals surface area contributed by atoms with Gasteiger partial charge < -0.3 is 15.5 Å². The van der Waals surface area contributed by atoms with Crippen LogP contribution in [0.3, 0.4) is 0 Å². The molecule has 0 aliphatic carbocycles. The summed E-state index contributed by atoms with van der Waals surface area (Å²) < 4.78 is 0. The number of aryl methyl sites for hydroxylation is 1. The standard InChI is InChI=1S/C32H27ClN4O3/c1-20-11-6-7-14-23(20)28(38)19-37-27-18-9-8-15-24(27)29(22-12-4-3-5-13-22)35-30(31(37)39)36-32(40)34-26-17-10-16-25(33)21(26)2/h3-18,30H,19H2,1-2H3,(H2,34,36,40). The van der Waals surface area contributed by atoms with Gasteiger partial charge in [-0.1, -0.05) is 90.5 Å². The summed E-state index contributed by atoms with van der Waals surface area (Å²) in [7, 11) is 0. The summed E-state index contributed by atoms with van der Waals surface area (Å²) in [5.74, 6) is -0.750. The number of carbonyl (C=O) groups is 3. The number of anilines is 2. The van der Waals surface area contributed by atoms with E-state index in [9.17, 15) is 14.4 Å². The largest absolute Gasteiger partial charge is 0.321 e. The first-order chi connectivity index (χ1) is 19.3. The smallest absolute Gasteiger partial charge is 0.308 e. The zero-order valence-electron chi connectivity index (χ0n) is 22.0. The fourth-order valence-electron chi connectivity index (χ4n) is 4.65. The molecule has 1 heterocycles. The minimum absolute atomic E-state index is 0.217. The molecule has 7 nitrogen and oxygen atoms in total. The maximum atomic E-state index is 14.0. The van der Waals surface area contributed by atoms with Gasteiger partial charge in [0.15, 0.2) is 5.78 Å². The number of amides is 3. The lowest BCUT2D eigenvalue weighted by atomic mass is 9.99. The van der Waals surface area contributed by atoms with E-state index in [1.165, 1.54) is 4.90 Å². The molecule has 0 saturated heterocycles. The Bertz CT molecular complexity index is 1630. The van der Waals surface area contributed by atoms with Gasteiger partial charge in [0, 0.05) is 27.4 Å². The summed E-state index contributed by atoms with van der Waals surface area (Å²) in [6, 6.07) is 28.5. The highest BCUT2D eigenvalue weighted by molar-refractivity contribution is 6.31. The Labute approximate surface area is 237 Å². The van der Waals surface area contributed by atoms with Crippen LogP contribution in [0.15, 0.2) is 102 Å². The molecule has 4 aromatic carbocycles. The number of hydrogen-bond acceptors (Lipinski definition) is 4. The molecule has 0 radical (unpaired) electrons. The normalized spacial score (nSPS) is 14.6. The van der Waals surface area contributed by atoms with Crippen molar-refractivity contribution in [2.45, 2.75) is 20.0 Å². The Morgan fingerprint density at radius 3 is 2.35 bits per heavy atom. The number of aliphatic imine (C=N–C) groups is 1. The maximum absolute atomic E-state index is 14.0. The number of para-hydroxylation sites is 1. The first-order valence-corrected chi connectivity index (χ1v) is 13.2. The average Bonchev–Trinajstić information content (AvgIpc) is 3.07. The number of benzene rings is 4. The van der Waals surface area contributed by atoms with Crippen LogP contribution in [0.1, 0.15) is 32.6 Å². The quantitative estimate of drug-likeness (QED) is 0.281. The maximum Gasteiger partial charge on any atom is 0.321 e. The minimum Gasteiger partial charge on any atom is -0.308 e. The topological polar surface area (TPSA) is 90.9 Å². The number of carbonyl (C=O) groups excluding carboxylic acids is 3. The van der Waals surface area contributed by atoms with Crippen molar-refractivity contribution in [3.8, 4) is 0 Å². The van der Waals surface area contributed by atoms with E-state index in [-0.39, 0.29) is 12.3 Å². The fourth-order valence-corrected chi connectivity index (χ4v) is 4.83. The number of fused-ring (bicyclic) bond motifs is 1. The van der Waals surface area contributed by atoms with Crippen LogP contribution in [-0.2, 0) is 4.79 Å². The van der Waals surface area contributed by atoms with E-state index in [2.05, 4.69) is 10.6 Å². The van der Waals surface area contributed by atoms with Gasteiger partial charge in [-0.2, -0.15) is 0 Å². The van der Waals surface area contributed by atoms with E-state index < -0.39 is 18.1 Å². The van der Waals surface area contributed by atoms with Gasteiger partial charge in [0.25, 0.3) is 5.91 Å². The highest BCUT2D eigenvalue weighted by atomic mass is 35.5. The van der Waals surface area contributed by atoms with E-state index in [1.807, 2.05) is 67.6 Å². The zero-order valence-corrected chi connectivity index (χ0v) is 22.8. The van der Waals surface area contributed by atoms with Gasteiger partial charge in [-0.05, 0) is 43.2 Å². The minimum atomic E-state index is -1.30. The van der Waals surface area contributed by atoms with Crippen LogP contribution < -0.4 is 15.5 Å². The number of halogens is 1. The van der Waals surface area contributed by atoms with Crippen LogP contribution >= 0.6 is 11.6 Å². The van der Waals surface area contributed by atoms with Crippen LogP contribution in [0, 0.1) is 13.8 Å². The number of hydrogen-bond donors (Lipinski definition) is 2. The van der Waals surface area contributed by atoms with E-state index >= 15 is 0 Å². The summed E-state index contributed by atoms with van der Waals surface area (Å²) in [6.07, 6.45) is -1.30. The third-order valence-corrected chi connectivity index (χ3v) is 7.20. The molecule has 1 aliphatic heterocycles. The SMILES string of the molecule is Cc1ccccc1C(=O)CN1C(=O)C(NC(=O)Nc2cccc(Cl)c2C)N=C(c2ccccc2)c2ccccc21. The van der Waals surface area contributed by atoms with Gasteiger partial charge in [-0.25, -0.2) is 9.79 Å². The predicted octanol–water partition coefficient (Wildman–Crippen LogP) is 6.17. The molecule has 5 rings (SSSR count). The van der Waals surface area contributed by atoms with Crippen molar-refractivity contribution >= 4 is 46.4 Å². The molecule has 4 aromatic rings. The van der Waals surface area contributed by atoms with E-state index in [0.29, 0.717) is 38.8 Å². The molecular formula is C32H27ClN4O3. The third kappa shape index (κ3) is 5.51. The lowest BCUT2D eigenvalue weighted by molar-refractivity contribution is -0.120. The van der Waals surface area contributed by atoms with Crippen molar-refractivity contribution < 1.29 is 14.4 Å². The number of urea groups is 1. The summed E-state index contributed by atoms with van der Waals surface area (Å²) in [5, 5.41) is 5.98. The number of ketones is 1. The Morgan fingerprint density at radius 2 is 1.57 bits per heavy atom. The van der Waals surface area contributed by atoms with E-state index in [1.54, 1.807) is 43.3 Å². The Kier molecular flexibility index (Phi) is 7.75. The van der Waals surface area contributed by atoms with Gasteiger partial charge in [-0.3, -0.25) is 9.59 Å². The number of Topliss-reactive ketones (excluding diaryl/α,β-unsaturated/α-hetero) is 1. The van der Waals surface area contributed by atoms with Gasteiger partial charge in [-0.15, -0.1) is 0 Å². The van der Waals surface area contributed by atoms with E-state index in [4.69, 9.17) is 16.6 Å². The Balaban J connectivity index is 1.55. The molecule has 1 aliphatic rings. The predicted molar refractivity (Wildman–Crippen MR) is 159 cm³/mol. The molecule has 0 spiro atoms. The van der Waals surface area contributed by atoms with Crippen LogP contribution in [-0.4, -0.2) is 36.1 Å². The molecule has 2 N–H and O–H groups in total. The second-order valence-corrected chi connectivity index (χ2v) is 9.84. The lowest BCUT2D eigenvalue weighted by Gasteiger charge is -2.25. The second-order valence-electron chi connectivity index (χ2n) is 9.44. The fraction of sp³-hybridized carbons (Fsp3) is 0.125. The average molecular weight is 551 g/mol. The molecule has 200 valence electrons. The number of nitrogens with one attached hydrogen (secondary N) is 2. The zero-order chi connectivity index (χ0) is 28.2. The van der Waals surface area contributed by atoms with Crippen LogP contribution in [0.5, 0.6) is 0 Å². The highest BCUT2D eigenvalue weighted by Crippen LogP contribution is 2.29. The monoisotopic (exact) mass is 550 g/mol. The van der Waals surface area contributed by atoms with Gasteiger partial charge in [0.2, 0.25) is 6.17 Å². The first-order valence-electron chi connectivity index (χ1n) is 12.8. The third-order valence-electron chi connectivity index (χ3n) is 6.79. The lowest BCUT2D eigenvalue weighted by Crippen LogP contribution is -2.50. The summed E-state index contributed by atoms with van der Waals surface area (Å²) in [4.78, 5) is 46.8. The highest BCUT2D eigenvalue weighted by Gasteiger charge is 2.34. The van der Waals surface area contributed by atoms with Crippen molar-refractivity contribution in [2.75, 3.05) is 16.8 Å². The number of benzodiazepines with no additional fused rings is 1. The molecule has 0 fully saturated rings. The van der Waals surface area contributed by atoms with Gasteiger partial charge in [0.05, 0.1) is 17.9 Å². The van der Waals surface area contributed by atoms with Gasteiger partial charge >= 0.3 is 6.03 Å². The summed E-state index contributed by atoms with van der Waals surface area (Å²) >= 11 is 6.22. The molecule has 40 heavy (non-hydrogen) atoms. The summed E-state index contributed by atoms with van der Waals surface area (Å²) in [6.45, 7) is 3.43. The Hall–Kier alpha value is -4.75. The van der Waals surface area contributed by atoms with Crippen molar-refractivity contribution in [1.82, 2.24) is 5.32 Å².